The molecular formula is C17H29BrOSi. The molecule has 1 rings (SSSR count). The molecule has 0 fully saturated rings. The van der Waals surface area contributed by atoms with Gasteiger partial charge < -0.3 is 4.74 Å². The van der Waals surface area contributed by atoms with Crippen LogP contribution in [0.25, 0.3) is 0 Å². The summed E-state index contributed by atoms with van der Waals surface area (Å²) in [5, 5.41) is 1.72. The van der Waals surface area contributed by atoms with Crippen LogP contribution in [0.4, 0.5) is 0 Å². The van der Waals surface area contributed by atoms with Gasteiger partial charge in [-0.1, -0.05) is 67.5 Å². The number of methoxy groups -OCH3 is 1. The van der Waals surface area contributed by atoms with Crippen LogP contribution in [-0.2, 0) is 4.32 Å². The maximum absolute atomic E-state index is 5.84. The number of ether oxygens (including phenoxy) is 1. The molecule has 0 aromatic heterocycles. The Hall–Kier alpha value is -0.283. The van der Waals surface area contributed by atoms with E-state index in [4.69, 9.17) is 4.74 Å². The minimum Gasteiger partial charge on any atom is -0.497 e. The normalized spacial score (nSPS) is 13.5. The molecule has 0 N–H and O–H groups in total. The lowest BCUT2D eigenvalue weighted by atomic mass is 9.99. The lowest BCUT2D eigenvalue weighted by Crippen LogP contribution is -2.50. The maximum atomic E-state index is 5.84. The molecule has 0 heterocycles. The fourth-order valence-corrected chi connectivity index (χ4v) is 4.80. The highest BCUT2D eigenvalue weighted by molar-refractivity contribution is 9.09. The molecule has 1 aromatic rings. The van der Waals surface area contributed by atoms with E-state index in [1.165, 1.54) is 16.3 Å². The van der Waals surface area contributed by atoms with Crippen LogP contribution in [0.5, 0.6) is 5.75 Å². The lowest BCUT2D eigenvalue weighted by molar-refractivity contribution is 0.409. The first-order valence-corrected chi connectivity index (χ1v) is 11.0. The summed E-state index contributed by atoms with van der Waals surface area (Å²) in [5.41, 5.74) is 2.56. The Balaban J connectivity index is 3.69. The third-order valence-electron chi connectivity index (χ3n) is 4.63. The highest BCUT2D eigenvalue weighted by Gasteiger charge is 2.40. The van der Waals surface area contributed by atoms with Crippen molar-refractivity contribution in [2.45, 2.75) is 64.0 Å². The molecule has 20 heavy (non-hydrogen) atoms. The molecule has 0 saturated heterocycles. The second-order valence-electron chi connectivity index (χ2n) is 7.74. The summed E-state index contributed by atoms with van der Waals surface area (Å²) >= 11 is 3.80. The van der Waals surface area contributed by atoms with E-state index in [1.54, 1.807) is 7.11 Å². The lowest BCUT2D eigenvalue weighted by Gasteiger charge is -2.39. The molecule has 1 nitrogen and oxygen atoms in total. The number of aryl methyl sites for hydroxylation is 1. The first-order valence-electron chi connectivity index (χ1n) is 7.21. The van der Waals surface area contributed by atoms with Gasteiger partial charge in [-0.15, -0.1) is 0 Å². The molecule has 1 aromatic carbocycles. The molecule has 0 atom stereocenters. The van der Waals surface area contributed by atoms with Gasteiger partial charge in [-0.05, 0) is 31.0 Å². The van der Waals surface area contributed by atoms with E-state index in [0.717, 1.165) is 5.75 Å². The van der Waals surface area contributed by atoms with Gasteiger partial charge in [-0.25, -0.2) is 0 Å². The van der Waals surface area contributed by atoms with Crippen molar-refractivity contribution in [2.24, 2.45) is 0 Å². The SMILES string of the molecule is COc1c(C(C)(C)Br)cc(C)cc1[Si](C)(C)C(C)(C)C. The van der Waals surface area contributed by atoms with Crippen molar-refractivity contribution in [3.8, 4) is 5.75 Å². The van der Waals surface area contributed by atoms with E-state index < -0.39 is 8.07 Å². The van der Waals surface area contributed by atoms with Gasteiger partial charge in [0.15, 0.2) is 0 Å². The van der Waals surface area contributed by atoms with Crippen LogP contribution in [0, 0.1) is 6.92 Å². The minimum absolute atomic E-state index is 0.0819. The van der Waals surface area contributed by atoms with E-state index in [0.29, 0.717) is 5.04 Å². The standard InChI is InChI=1S/C17H29BrOSi/c1-12-10-13(17(5,6)18)15(19-7)14(11-12)20(8,9)16(2,3)4/h10-11H,1-9H3. The van der Waals surface area contributed by atoms with Crippen LogP contribution in [0.15, 0.2) is 12.1 Å². The fourth-order valence-electron chi connectivity index (χ4n) is 2.30. The largest absolute Gasteiger partial charge is 0.497 e. The Kier molecular flexibility index (Phi) is 4.88. The smallest absolute Gasteiger partial charge is 0.122 e. The minimum atomic E-state index is -1.63. The molecule has 0 aliphatic rings. The summed E-state index contributed by atoms with van der Waals surface area (Å²) in [6.07, 6.45) is 0. The van der Waals surface area contributed by atoms with Crippen LogP contribution in [0.3, 0.4) is 0 Å². The van der Waals surface area contributed by atoms with Gasteiger partial charge in [-0.2, -0.15) is 0 Å². The van der Waals surface area contributed by atoms with Crippen molar-refractivity contribution >= 4 is 29.2 Å². The summed E-state index contributed by atoms with van der Waals surface area (Å²) in [5.74, 6) is 1.07. The van der Waals surface area contributed by atoms with Crippen LogP contribution >= 0.6 is 15.9 Å². The Labute approximate surface area is 134 Å². The number of alkyl halides is 1. The highest BCUT2D eigenvalue weighted by Crippen LogP contribution is 2.41. The summed E-state index contributed by atoms with van der Waals surface area (Å²) in [7, 11) is 0.161. The molecule has 0 bridgehead atoms. The Bertz CT molecular complexity index is 493. The molecule has 0 amide bonds. The maximum Gasteiger partial charge on any atom is 0.122 e. The highest BCUT2D eigenvalue weighted by atomic mass is 79.9. The van der Waals surface area contributed by atoms with E-state index >= 15 is 0 Å². The van der Waals surface area contributed by atoms with Crippen molar-refractivity contribution in [1.82, 2.24) is 0 Å². The second kappa shape index (κ2) is 5.49. The molecule has 3 heteroatoms. The number of benzene rings is 1. The zero-order valence-corrected chi connectivity index (χ0v) is 17.0. The van der Waals surface area contributed by atoms with Crippen molar-refractivity contribution in [3.05, 3.63) is 23.3 Å². The second-order valence-corrected chi connectivity index (χ2v) is 15.0. The quantitative estimate of drug-likeness (QED) is 0.523. The summed E-state index contributed by atoms with van der Waals surface area (Å²) in [4.78, 5) is 0. The summed E-state index contributed by atoms with van der Waals surface area (Å²) < 4.78 is 5.76. The van der Waals surface area contributed by atoms with Crippen LogP contribution < -0.4 is 9.92 Å². The van der Waals surface area contributed by atoms with Crippen molar-refractivity contribution < 1.29 is 4.74 Å². The predicted molar refractivity (Wildman–Crippen MR) is 96.5 cm³/mol. The average molecular weight is 357 g/mol. The molecule has 0 saturated carbocycles. The molecule has 0 radical (unpaired) electrons. The monoisotopic (exact) mass is 356 g/mol. The van der Waals surface area contributed by atoms with E-state index in [-0.39, 0.29) is 4.32 Å². The zero-order chi connectivity index (χ0) is 15.9. The van der Waals surface area contributed by atoms with Crippen molar-refractivity contribution in [3.63, 3.8) is 0 Å². The Morgan fingerprint density at radius 2 is 1.55 bits per heavy atom. The molecule has 0 unspecified atom stereocenters. The van der Waals surface area contributed by atoms with Crippen molar-refractivity contribution in [1.29, 1.82) is 0 Å². The van der Waals surface area contributed by atoms with Gasteiger partial charge in [0.1, 0.15) is 5.75 Å². The fraction of sp³-hybridized carbons (Fsp3) is 0.647. The van der Waals surface area contributed by atoms with Gasteiger partial charge in [-0.3, -0.25) is 0 Å². The third-order valence-corrected chi connectivity index (χ3v) is 10.5. The number of halogens is 1. The number of hydrogen-bond acceptors (Lipinski definition) is 1. The zero-order valence-electron chi connectivity index (χ0n) is 14.4. The summed E-state index contributed by atoms with van der Waals surface area (Å²) in [6, 6.07) is 4.57. The van der Waals surface area contributed by atoms with Gasteiger partial charge >= 0.3 is 0 Å². The van der Waals surface area contributed by atoms with Gasteiger partial charge in [0.2, 0.25) is 0 Å². The molecule has 114 valence electrons. The van der Waals surface area contributed by atoms with Crippen LogP contribution in [0.2, 0.25) is 18.1 Å². The topological polar surface area (TPSA) is 9.23 Å². The average Bonchev–Trinajstić information content (AvgIpc) is 2.25. The first kappa shape index (κ1) is 17.8. The van der Waals surface area contributed by atoms with E-state index in [9.17, 15) is 0 Å². The molecular weight excluding hydrogens is 328 g/mol. The van der Waals surface area contributed by atoms with Gasteiger partial charge in [0, 0.05) is 9.89 Å². The van der Waals surface area contributed by atoms with E-state index in [2.05, 4.69) is 82.7 Å². The van der Waals surface area contributed by atoms with Crippen LogP contribution in [-0.4, -0.2) is 15.2 Å². The van der Waals surface area contributed by atoms with E-state index in [1.807, 2.05) is 0 Å². The van der Waals surface area contributed by atoms with Crippen LogP contribution in [0.1, 0.15) is 45.7 Å². The molecule has 0 aliphatic heterocycles. The summed E-state index contributed by atoms with van der Waals surface area (Å²) in [6.45, 7) is 18.5. The number of hydrogen-bond donors (Lipinski definition) is 0. The Morgan fingerprint density at radius 3 is 1.90 bits per heavy atom. The first-order chi connectivity index (χ1) is 8.82. The predicted octanol–water partition coefficient (Wildman–Crippen LogP) is 5.35. The molecule has 0 spiro atoms. The Morgan fingerprint density at radius 1 is 1.05 bits per heavy atom. The third kappa shape index (κ3) is 3.30. The van der Waals surface area contributed by atoms with Gasteiger partial charge in [0.25, 0.3) is 0 Å². The van der Waals surface area contributed by atoms with Crippen molar-refractivity contribution in [2.75, 3.05) is 7.11 Å². The van der Waals surface area contributed by atoms with Gasteiger partial charge in [0.05, 0.1) is 15.2 Å². The number of rotatable bonds is 3. The molecule has 0 aliphatic carbocycles.